The summed E-state index contributed by atoms with van der Waals surface area (Å²) in [5, 5.41) is 56.5. The van der Waals surface area contributed by atoms with Gasteiger partial charge in [-0.25, -0.2) is 0 Å². The number of hydrogen-bond acceptors (Lipinski definition) is 7. The van der Waals surface area contributed by atoms with Crippen LogP contribution in [0.2, 0.25) is 0 Å². The van der Waals surface area contributed by atoms with Crippen LogP contribution in [0.5, 0.6) is 0 Å². The van der Waals surface area contributed by atoms with Gasteiger partial charge < -0.3 is 30.6 Å². The van der Waals surface area contributed by atoms with Crippen molar-refractivity contribution in [1.29, 1.82) is 0 Å². The van der Waals surface area contributed by atoms with Crippen molar-refractivity contribution in [3.05, 3.63) is 11.6 Å². The highest BCUT2D eigenvalue weighted by molar-refractivity contribution is 5.94. The van der Waals surface area contributed by atoms with Crippen LogP contribution in [0, 0.1) is 46.3 Å². The molecule has 0 bridgehead atoms. The monoisotopic (exact) mass is 480 g/mol. The van der Waals surface area contributed by atoms with Crippen LogP contribution in [0.25, 0.3) is 0 Å². The van der Waals surface area contributed by atoms with Crippen LogP contribution in [0.15, 0.2) is 11.6 Å². The molecular formula is C27H44O7. The third-order valence-corrected chi connectivity index (χ3v) is 10.7. The summed E-state index contributed by atoms with van der Waals surface area (Å²) in [5.74, 6) is -6.42. The molecule has 194 valence electrons. The summed E-state index contributed by atoms with van der Waals surface area (Å²) < 4.78 is 0. The second-order valence-corrected chi connectivity index (χ2v) is 12.5. The fourth-order valence-corrected chi connectivity index (χ4v) is 8.88. The Morgan fingerprint density at radius 3 is 2.15 bits per heavy atom. The molecule has 0 saturated heterocycles. The van der Waals surface area contributed by atoms with Crippen LogP contribution < -0.4 is 0 Å². The highest BCUT2D eigenvalue weighted by Gasteiger charge is 2.59. The minimum absolute atomic E-state index is 0.107. The number of ketones is 1. The smallest absolute Gasteiger partial charge is 0.286 e. The molecule has 0 radical (unpaired) electrons. The van der Waals surface area contributed by atoms with E-state index in [1.165, 1.54) is 12.0 Å². The summed E-state index contributed by atoms with van der Waals surface area (Å²) in [5.41, 5.74) is 1.63. The first-order valence-corrected chi connectivity index (χ1v) is 13.3. The van der Waals surface area contributed by atoms with Crippen molar-refractivity contribution in [2.45, 2.75) is 103 Å². The van der Waals surface area contributed by atoms with Gasteiger partial charge in [0, 0.05) is 5.92 Å². The summed E-state index contributed by atoms with van der Waals surface area (Å²) in [7, 11) is 0. The molecule has 4 aliphatic carbocycles. The summed E-state index contributed by atoms with van der Waals surface area (Å²) in [6.07, 6.45) is 12.0. The molecule has 0 heterocycles. The van der Waals surface area contributed by atoms with E-state index >= 15 is 0 Å². The van der Waals surface area contributed by atoms with Gasteiger partial charge in [-0.05, 0) is 85.5 Å². The Labute approximate surface area is 202 Å². The Morgan fingerprint density at radius 2 is 1.50 bits per heavy atom. The number of aliphatic hydroxyl groups is 6. The lowest BCUT2D eigenvalue weighted by Crippen LogP contribution is -2.52. The van der Waals surface area contributed by atoms with Crippen molar-refractivity contribution < 1.29 is 35.4 Å². The Balaban J connectivity index is 1.46. The van der Waals surface area contributed by atoms with Gasteiger partial charge in [0.05, 0.1) is 0 Å². The minimum Gasteiger partial charge on any atom is -0.343 e. The van der Waals surface area contributed by atoms with E-state index in [-0.39, 0.29) is 23.2 Å². The number of rotatable bonds is 7. The van der Waals surface area contributed by atoms with Gasteiger partial charge in [-0.3, -0.25) is 4.79 Å². The lowest BCUT2D eigenvalue weighted by atomic mass is 9.47. The fourth-order valence-electron chi connectivity index (χ4n) is 8.88. The predicted octanol–water partition coefficient (Wildman–Crippen LogP) is 2.82. The highest BCUT2D eigenvalue weighted by Crippen LogP contribution is 2.66. The van der Waals surface area contributed by atoms with Gasteiger partial charge in [-0.15, -0.1) is 0 Å². The third-order valence-electron chi connectivity index (χ3n) is 10.7. The van der Waals surface area contributed by atoms with Crippen LogP contribution in [-0.4, -0.2) is 48.4 Å². The van der Waals surface area contributed by atoms with Crippen LogP contribution in [-0.2, 0) is 4.79 Å². The summed E-state index contributed by atoms with van der Waals surface area (Å²) >= 11 is 0. The molecular weight excluding hydrogens is 436 g/mol. The summed E-state index contributed by atoms with van der Waals surface area (Å²) in [6, 6.07) is 0. The van der Waals surface area contributed by atoms with Crippen molar-refractivity contribution in [3.8, 4) is 0 Å². The lowest BCUT2D eigenvalue weighted by molar-refractivity contribution is -0.440. The van der Waals surface area contributed by atoms with E-state index < -0.39 is 17.9 Å². The highest BCUT2D eigenvalue weighted by atomic mass is 16.7. The standard InChI is InChI=1S/C27H44O7/c1-16(7-6-9-23(26(29,30)31)27(32,33)34)18-10-11-19-17-15-22(28)21-8-4-5-13-24(21,2)20(17)12-14-25(18,19)3/h15-16,18-21,23,29-34H,4-14H2,1-3H3/t16-,18-,19+,20+,21?,24-,25-/m1/s1. The van der Waals surface area contributed by atoms with E-state index in [0.717, 1.165) is 44.9 Å². The molecule has 0 spiro atoms. The quantitative estimate of drug-likeness (QED) is 0.308. The molecule has 4 aliphatic rings. The van der Waals surface area contributed by atoms with E-state index in [2.05, 4.69) is 20.8 Å². The van der Waals surface area contributed by atoms with E-state index in [4.69, 9.17) is 0 Å². The maximum absolute atomic E-state index is 13.2. The molecule has 0 amide bonds. The molecule has 0 aliphatic heterocycles. The van der Waals surface area contributed by atoms with Gasteiger partial charge in [-0.2, -0.15) is 0 Å². The van der Waals surface area contributed by atoms with Crippen LogP contribution in [0.1, 0.15) is 91.4 Å². The van der Waals surface area contributed by atoms with Crippen molar-refractivity contribution in [2.24, 2.45) is 46.3 Å². The van der Waals surface area contributed by atoms with Crippen LogP contribution in [0.4, 0.5) is 0 Å². The van der Waals surface area contributed by atoms with Crippen LogP contribution >= 0.6 is 0 Å². The summed E-state index contributed by atoms with van der Waals surface area (Å²) in [6.45, 7) is 6.94. The minimum atomic E-state index is -3.38. The number of fused-ring (bicyclic) bond motifs is 5. The first-order valence-electron chi connectivity index (χ1n) is 13.3. The van der Waals surface area contributed by atoms with Gasteiger partial charge in [0.25, 0.3) is 11.9 Å². The fraction of sp³-hybridized carbons (Fsp3) is 0.889. The number of carbonyl (C=O) groups is 1. The normalized spacial score (nSPS) is 39.4. The molecule has 7 atom stereocenters. The average Bonchev–Trinajstić information content (AvgIpc) is 3.06. The largest absolute Gasteiger partial charge is 0.343 e. The Bertz CT molecular complexity index is 795. The van der Waals surface area contributed by atoms with Gasteiger partial charge in [0.2, 0.25) is 0 Å². The zero-order valence-electron chi connectivity index (χ0n) is 20.9. The molecule has 4 rings (SSSR count). The number of hydrogen-bond donors (Lipinski definition) is 6. The first kappa shape index (κ1) is 26.2. The Morgan fingerprint density at radius 1 is 0.853 bits per heavy atom. The Kier molecular flexibility index (Phi) is 6.89. The van der Waals surface area contributed by atoms with E-state index in [1.54, 1.807) is 0 Å². The van der Waals surface area contributed by atoms with Gasteiger partial charge in [0.1, 0.15) is 5.92 Å². The molecule has 3 saturated carbocycles. The van der Waals surface area contributed by atoms with E-state index in [9.17, 15) is 35.4 Å². The van der Waals surface area contributed by atoms with E-state index in [0.29, 0.717) is 42.3 Å². The maximum atomic E-state index is 13.2. The number of carbonyl (C=O) groups excluding carboxylic acids is 1. The topological polar surface area (TPSA) is 138 Å². The lowest BCUT2D eigenvalue weighted by Gasteiger charge is -2.56. The second-order valence-electron chi connectivity index (χ2n) is 12.5. The molecule has 3 fully saturated rings. The van der Waals surface area contributed by atoms with Gasteiger partial charge in [-0.1, -0.05) is 52.0 Å². The average molecular weight is 481 g/mol. The Hall–Kier alpha value is -0.830. The first-order chi connectivity index (χ1) is 15.7. The second kappa shape index (κ2) is 8.93. The third kappa shape index (κ3) is 4.41. The van der Waals surface area contributed by atoms with Gasteiger partial charge >= 0.3 is 0 Å². The zero-order valence-corrected chi connectivity index (χ0v) is 20.9. The molecule has 1 unspecified atom stereocenters. The molecule has 0 aromatic rings. The van der Waals surface area contributed by atoms with Crippen molar-refractivity contribution >= 4 is 5.78 Å². The predicted molar refractivity (Wildman–Crippen MR) is 125 cm³/mol. The molecule has 7 nitrogen and oxygen atoms in total. The maximum Gasteiger partial charge on any atom is 0.286 e. The molecule has 0 aromatic heterocycles. The van der Waals surface area contributed by atoms with Crippen molar-refractivity contribution in [2.75, 3.05) is 0 Å². The van der Waals surface area contributed by atoms with Crippen molar-refractivity contribution in [3.63, 3.8) is 0 Å². The van der Waals surface area contributed by atoms with Gasteiger partial charge in [0.15, 0.2) is 5.78 Å². The summed E-state index contributed by atoms with van der Waals surface area (Å²) in [4.78, 5) is 13.2. The zero-order chi connectivity index (χ0) is 25.1. The molecule has 0 aromatic carbocycles. The molecule has 34 heavy (non-hydrogen) atoms. The van der Waals surface area contributed by atoms with Crippen LogP contribution in [0.3, 0.4) is 0 Å². The molecule has 6 N–H and O–H groups in total. The molecule has 7 heteroatoms. The van der Waals surface area contributed by atoms with Crippen molar-refractivity contribution in [1.82, 2.24) is 0 Å². The van der Waals surface area contributed by atoms with E-state index in [1.807, 2.05) is 6.08 Å². The number of allylic oxidation sites excluding steroid dienone is 2. The SMILES string of the molecule is C[C@H](CCCC(C(O)(O)O)C(O)(O)O)[C@H]1CC[C@H]2C3=CC(=O)C4CCCC[C@]4(C)[C@H]3CC[C@]12C.